The van der Waals surface area contributed by atoms with E-state index >= 15 is 0 Å². The van der Waals surface area contributed by atoms with E-state index < -0.39 is 11.6 Å². The smallest absolute Gasteiger partial charge is 0.341 e. The fourth-order valence-corrected chi connectivity index (χ4v) is 2.92. The lowest BCUT2D eigenvalue weighted by molar-refractivity contribution is 0.0474. The number of methoxy groups -OCH3 is 1. The van der Waals surface area contributed by atoms with Gasteiger partial charge in [-0.25, -0.2) is 9.59 Å². The molecule has 0 N–H and O–H groups in total. The van der Waals surface area contributed by atoms with Crippen LogP contribution in [0.25, 0.3) is 11.0 Å². The highest BCUT2D eigenvalue weighted by molar-refractivity contribution is 6.39. The Kier molecular flexibility index (Phi) is 4.97. The van der Waals surface area contributed by atoms with Crippen LogP contribution in [0, 0.1) is 0 Å². The number of benzene rings is 2. The summed E-state index contributed by atoms with van der Waals surface area (Å²) in [7, 11) is 1.51. The molecule has 25 heavy (non-hydrogen) atoms. The molecule has 0 spiro atoms. The number of ether oxygens (including phenoxy) is 2. The summed E-state index contributed by atoms with van der Waals surface area (Å²) in [6.45, 7) is -0.130. The van der Waals surface area contributed by atoms with Crippen molar-refractivity contribution < 1.29 is 18.7 Å². The van der Waals surface area contributed by atoms with Crippen molar-refractivity contribution in [2.45, 2.75) is 6.61 Å². The molecule has 3 rings (SSSR count). The van der Waals surface area contributed by atoms with Crippen LogP contribution >= 0.6 is 23.2 Å². The summed E-state index contributed by atoms with van der Waals surface area (Å²) in [5.41, 5.74) is 0.376. The minimum atomic E-state index is -0.675. The molecule has 2 aromatic carbocycles. The summed E-state index contributed by atoms with van der Waals surface area (Å²) < 4.78 is 15.5. The van der Waals surface area contributed by atoms with Crippen LogP contribution < -0.4 is 10.4 Å². The zero-order valence-electron chi connectivity index (χ0n) is 13.0. The zero-order chi connectivity index (χ0) is 18.0. The van der Waals surface area contributed by atoms with Gasteiger partial charge in [-0.15, -0.1) is 0 Å². The Hall–Kier alpha value is -2.50. The minimum Gasteiger partial charge on any atom is -0.497 e. The highest BCUT2D eigenvalue weighted by Crippen LogP contribution is 2.26. The van der Waals surface area contributed by atoms with Gasteiger partial charge in [0.15, 0.2) is 0 Å². The fraction of sp³-hybridized carbons (Fsp3) is 0.111. The number of halogens is 2. The summed E-state index contributed by atoms with van der Waals surface area (Å²) in [4.78, 5) is 24.0. The SMILES string of the molecule is COc1ccc2c(COC(=O)c3c(Cl)cccc3Cl)cc(=O)oc2c1. The van der Waals surface area contributed by atoms with E-state index in [0.29, 0.717) is 22.3 Å². The van der Waals surface area contributed by atoms with Crippen molar-refractivity contribution in [2.75, 3.05) is 7.11 Å². The predicted octanol–water partition coefficient (Wildman–Crippen LogP) is 4.47. The molecule has 0 fully saturated rings. The quantitative estimate of drug-likeness (QED) is 0.495. The van der Waals surface area contributed by atoms with Gasteiger partial charge in [0.2, 0.25) is 0 Å². The molecule has 0 aliphatic heterocycles. The molecule has 0 saturated heterocycles. The van der Waals surface area contributed by atoms with E-state index in [1.165, 1.54) is 13.2 Å². The molecule has 1 aromatic heterocycles. The number of fused-ring (bicyclic) bond motifs is 1. The highest BCUT2D eigenvalue weighted by Gasteiger charge is 2.17. The van der Waals surface area contributed by atoms with E-state index in [0.717, 1.165) is 0 Å². The highest BCUT2D eigenvalue weighted by atomic mass is 35.5. The number of esters is 1. The number of hydrogen-bond donors (Lipinski definition) is 0. The molecule has 0 amide bonds. The van der Waals surface area contributed by atoms with Gasteiger partial charge in [0.1, 0.15) is 17.9 Å². The lowest BCUT2D eigenvalue weighted by Crippen LogP contribution is -2.09. The van der Waals surface area contributed by atoms with Crippen molar-refractivity contribution in [1.82, 2.24) is 0 Å². The molecule has 0 saturated carbocycles. The first-order valence-corrected chi connectivity index (χ1v) is 7.97. The molecule has 0 atom stereocenters. The predicted molar refractivity (Wildman–Crippen MR) is 94.6 cm³/mol. The standard InChI is InChI=1S/C18H12Cl2O5/c1-23-11-5-6-12-10(7-16(21)25-15(12)8-11)9-24-18(22)17-13(19)3-2-4-14(17)20/h2-8H,9H2,1H3. The molecule has 7 heteroatoms. The molecule has 0 bridgehead atoms. The third-order valence-electron chi connectivity index (χ3n) is 3.56. The van der Waals surface area contributed by atoms with Gasteiger partial charge in [0.25, 0.3) is 0 Å². The number of carbonyl (C=O) groups is 1. The van der Waals surface area contributed by atoms with Crippen molar-refractivity contribution in [3.63, 3.8) is 0 Å². The van der Waals surface area contributed by atoms with Crippen LogP contribution in [0.3, 0.4) is 0 Å². The second kappa shape index (κ2) is 7.17. The first-order chi connectivity index (χ1) is 12.0. The second-order valence-corrected chi connectivity index (χ2v) is 5.94. The Morgan fingerprint density at radius 1 is 1.12 bits per heavy atom. The molecule has 0 aliphatic rings. The Morgan fingerprint density at radius 2 is 1.84 bits per heavy atom. The van der Waals surface area contributed by atoms with E-state index in [2.05, 4.69) is 0 Å². The molecule has 0 aliphatic carbocycles. The van der Waals surface area contributed by atoms with Gasteiger partial charge in [-0.3, -0.25) is 0 Å². The van der Waals surface area contributed by atoms with Gasteiger partial charge < -0.3 is 13.9 Å². The van der Waals surface area contributed by atoms with E-state index in [9.17, 15) is 9.59 Å². The number of hydrogen-bond acceptors (Lipinski definition) is 5. The Balaban J connectivity index is 1.91. The molecule has 1 heterocycles. The van der Waals surface area contributed by atoms with Crippen molar-refractivity contribution in [3.05, 3.63) is 74.1 Å². The van der Waals surface area contributed by atoms with Crippen LogP contribution in [-0.2, 0) is 11.3 Å². The van der Waals surface area contributed by atoms with Crippen LogP contribution in [-0.4, -0.2) is 13.1 Å². The normalized spacial score (nSPS) is 10.7. The van der Waals surface area contributed by atoms with Crippen LogP contribution in [0.1, 0.15) is 15.9 Å². The van der Waals surface area contributed by atoms with Crippen LogP contribution in [0.5, 0.6) is 5.75 Å². The average Bonchev–Trinajstić information content (AvgIpc) is 2.58. The molecule has 5 nitrogen and oxygen atoms in total. The third kappa shape index (κ3) is 3.62. The maximum Gasteiger partial charge on any atom is 0.341 e. The maximum absolute atomic E-state index is 12.3. The summed E-state index contributed by atoms with van der Waals surface area (Å²) in [6, 6.07) is 11.0. The Bertz CT molecular complexity index is 990. The maximum atomic E-state index is 12.3. The topological polar surface area (TPSA) is 65.7 Å². The van der Waals surface area contributed by atoms with Gasteiger partial charge in [-0.2, -0.15) is 0 Å². The van der Waals surface area contributed by atoms with Crippen molar-refractivity contribution >= 4 is 40.1 Å². The Labute approximate surface area is 152 Å². The second-order valence-electron chi connectivity index (χ2n) is 5.13. The van der Waals surface area contributed by atoms with Crippen LogP contribution in [0.4, 0.5) is 0 Å². The lowest BCUT2D eigenvalue weighted by Gasteiger charge is -2.10. The first kappa shape index (κ1) is 17.3. The van der Waals surface area contributed by atoms with Crippen LogP contribution in [0.15, 0.2) is 51.7 Å². The monoisotopic (exact) mass is 378 g/mol. The van der Waals surface area contributed by atoms with Gasteiger partial charge in [-0.1, -0.05) is 29.3 Å². The van der Waals surface area contributed by atoms with Crippen LogP contribution in [0.2, 0.25) is 10.0 Å². The molecule has 3 aromatic rings. The summed E-state index contributed by atoms with van der Waals surface area (Å²) in [5.74, 6) is -0.127. The molecular weight excluding hydrogens is 367 g/mol. The average molecular weight is 379 g/mol. The molecule has 0 radical (unpaired) electrons. The fourth-order valence-electron chi connectivity index (χ4n) is 2.36. The first-order valence-electron chi connectivity index (χ1n) is 7.21. The van der Waals surface area contributed by atoms with Crippen molar-refractivity contribution in [1.29, 1.82) is 0 Å². The summed E-state index contributed by atoms with van der Waals surface area (Å²) >= 11 is 12.0. The van der Waals surface area contributed by atoms with Crippen molar-refractivity contribution in [2.24, 2.45) is 0 Å². The minimum absolute atomic E-state index is 0.0831. The van der Waals surface area contributed by atoms with Gasteiger partial charge >= 0.3 is 11.6 Å². The van der Waals surface area contributed by atoms with Gasteiger partial charge in [-0.05, 0) is 24.3 Å². The largest absolute Gasteiger partial charge is 0.497 e. The number of rotatable bonds is 4. The lowest BCUT2D eigenvalue weighted by atomic mass is 10.1. The number of carbonyl (C=O) groups excluding carboxylic acids is 1. The molecular formula is C18H12Cl2O5. The van der Waals surface area contributed by atoms with Gasteiger partial charge in [0, 0.05) is 23.1 Å². The van der Waals surface area contributed by atoms with Crippen molar-refractivity contribution in [3.8, 4) is 5.75 Å². The van der Waals surface area contributed by atoms with E-state index in [1.807, 2.05) is 0 Å². The third-order valence-corrected chi connectivity index (χ3v) is 4.19. The van der Waals surface area contributed by atoms with E-state index in [4.69, 9.17) is 37.1 Å². The molecule has 128 valence electrons. The van der Waals surface area contributed by atoms with E-state index in [-0.39, 0.29) is 22.2 Å². The van der Waals surface area contributed by atoms with Gasteiger partial charge in [0.05, 0.1) is 22.7 Å². The summed E-state index contributed by atoms with van der Waals surface area (Å²) in [6.07, 6.45) is 0. The molecule has 0 unspecified atom stereocenters. The zero-order valence-corrected chi connectivity index (χ0v) is 14.6. The summed E-state index contributed by atoms with van der Waals surface area (Å²) in [5, 5.41) is 1.03. The Morgan fingerprint density at radius 3 is 2.52 bits per heavy atom. The van der Waals surface area contributed by atoms with E-state index in [1.54, 1.807) is 36.4 Å².